The van der Waals surface area contributed by atoms with Gasteiger partial charge in [-0.25, -0.2) is 0 Å². The molecule has 0 radical (unpaired) electrons. The van der Waals surface area contributed by atoms with E-state index in [4.69, 9.17) is 17.2 Å². The van der Waals surface area contributed by atoms with Gasteiger partial charge in [0, 0.05) is 28.7 Å². The average Bonchev–Trinajstić information content (AvgIpc) is 2.44. The predicted octanol–water partition coefficient (Wildman–Crippen LogP) is 2.69. The first-order valence-electron chi connectivity index (χ1n) is 6.22. The van der Waals surface area contributed by atoms with E-state index in [1.807, 2.05) is 19.1 Å². The Labute approximate surface area is 180 Å². The van der Waals surface area contributed by atoms with E-state index in [9.17, 15) is 10.1 Å². The van der Waals surface area contributed by atoms with E-state index in [0.29, 0.717) is 24.5 Å². The van der Waals surface area contributed by atoms with Crippen LogP contribution in [0.3, 0.4) is 0 Å². The third-order valence-electron chi connectivity index (χ3n) is 2.71. The number of nitrogens with two attached hydrogens (primary N) is 3. The van der Waals surface area contributed by atoms with Crippen molar-refractivity contribution in [1.82, 2.24) is 0 Å². The number of halogens is 3. The fraction of sp³-hybridized carbons (Fsp3) is 0.250. The molecule has 0 atom stereocenters. The van der Waals surface area contributed by atoms with Crippen LogP contribution in [0.25, 0.3) is 0 Å². The maximum atomic E-state index is 10.3. The van der Waals surface area contributed by atoms with Gasteiger partial charge in [-0.15, -0.1) is 0 Å². The van der Waals surface area contributed by atoms with Crippen LogP contribution in [0.1, 0.15) is 26.0 Å². The zero-order valence-electron chi connectivity index (χ0n) is 12.6. The summed E-state index contributed by atoms with van der Waals surface area (Å²) in [6, 6.07) is 9.97. The molecule has 0 aromatic heterocycles. The summed E-state index contributed by atoms with van der Waals surface area (Å²) in [4.78, 5) is 9.88. The second kappa shape index (κ2) is 15.7. The van der Waals surface area contributed by atoms with Crippen LogP contribution in [-0.4, -0.2) is 4.92 Å². The number of rotatable bonds is 1. The summed E-state index contributed by atoms with van der Waals surface area (Å²) < 4.78 is 0. The van der Waals surface area contributed by atoms with Crippen molar-refractivity contribution >= 4 is 60.0 Å². The van der Waals surface area contributed by atoms with Gasteiger partial charge in [0.2, 0.25) is 0 Å². The number of anilines is 3. The summed E-state index contributed by atoms with van der Waals surface area (Å²) in [6.45, 7) is 3.60. The van der Waals surface area contributed by atoms with Crippen molar-refractivity contribution in [2.24, 2.45) is 0 Å². The van der Waals surface area contributed by atoms with Gasteiger partial charge in [0.15, 0.2) is 0 Å². The Bertz CT molecular complexity index is 655. The molecule has 6 nitrogen and oxygen atoms in total. The van der Waals surface area contributed by atoms with Gasteiger partial charge in [-0.1, -0.05) is 14.9 Å². The molecule has 0 saturated heterocycles. The number of benzene rings is 2. The molecule has 0 spiro atoms. The normalized spacial score (nSPS) is 8.48. The Morgan fingerprint density at radius 1 is 0.920 bits per heavy atom. The summed E-state index contributed by atoms with van der Waals surface area (Å²) in [7, 11) is 0. The van der Waals surface area contributed by atoms with Crippen LogP contribution in [0, 0.1) is 24.0 Å². The number of aryl methyl sites for hydroxylation is 2. The first-order chi connectivity index (χ1) is 10.7. The number of nitrogens with zero attached hydrogens (tertiary/aromatic N) is 1. The van der Waals surface area contributed by atoms with E-state index in [1.165, 1.54) is 12.1 Å². The summed E-state index contributed by atoms with van der Waals surface area (Å²) in [6.07, 6.45) is 0. The molecule has 0 aliphatic carbocycles. The molecule has 2 aromatic rings. The van der Waals surface area contributed by atoms with Gasteiger partial charge in [-0.05, 0) is 49.7 Å². The molecule has 2 aromatic carbocycles. The van der Waals surface area contributed by atoms with Gasteiger partial charge in [0.05, 0.1) is 4.92 Å². The van der Waals surface area contributed by atoms with E-state index in [-0.39, 0.29) is 20.5 Å². The Balaban J connectivity index is -0.000000317. The second-order valence-electron chi connectivity index (χ2n) is 4.47. The zero-order valence-corrected chi connectivity index (χ0v) is 19.1. The molecule has 2 rings (SSSR count). The first kappa shape index (κ1) is 29.2. The molecule has 0 unspecified atom stereocenters. The van der Waals surface area contributed by atoms with Crippen molar-refractivity contribution < 1.29 is 18.2 Å². The Kier molecular flexibility index (Phi) is 18.3. The van der Waals surface area contributed by atoms with Crippen LogP contribution in [0.15, 0.2) is 36.4 Å². The summed E-state index contributed by atoms with van der Waals surface area (Å²) >= 11 is 5.30. The van der Waals surface area contributed by atoms with Crippen molar-refractivity contribution in [3.63, 3.8) is 0 Å². The Morgan fingerprint density at radius 2 is 1.32 bits per heavy atom. The van der Waals surface area contributed by atoms with Crippen LogP contribution >= 0.6 is 37.2 Å². The van der Waals surface area contributed by atoms with E-state index >= 15 is 0 Å². The van der Waals surface area contributed by atoms with Crippen LogP contribution in [0.2, 0.25) is 0 Å². The molecule has 0 aliphatic heterocycles. The van der Waals surface area contributed by atoms with Gasteiger partial charge < -0.3 is 17.2 Å². The van der Waals surface area contributed by atoms with Gasteiger partial charge in [0.1, 0.15) is 0 Å². The van der Waals surface area contributed by atoms with Crippen molar-refractivity contribution in [2.45, 2.75) is 28.7 Å². The molecular formula is C16H26I3N4O2-. The number of hydrogen-bond acceptors (Lipinski definition) is 5. The number of nitro groups is 1. The van der Waals surface area contributed by atoms with Crippen molar-refractivity contribution in [3.8, 4) is 0 Å². The molecule has 25 heavy (non-hydrogen) atoms. The number of hydrogen-bond donors (Lipinski definition) is 3. The fourth-order valence-corrected chi connectivity index (χ4v) is 1.58. The fourth-order valence-electron chi connectivity index (χ4n) is 1.58. The van der Waals surface area contributed by atoms with Crippen molar-refractivity contribution in [1.29, 1.82) is 0 Å². The van der Waals surface area contributed by atoms with Crippen molar-refractivity contribution in [3.05, 3.63) is 57.6 Å². The van der Waals surface area contributed by atoms with E-state index in [1.54, 1.807) is 19.1 Å². The van der Waals surface area contributed by atoms with Gasteiger partial charge >= 0.3 is 50.5 Å². The molecule has 0 fully saturated rings. The summed E-state index contributed by atoms with van der Waals surface area (Å²) in [5.41, 5.74) is 20.3. The molecular weight excluding hydrogens is 661 g/mol. The standard InChI is InChI=1S/C7H8N2O2.C7H10N2.2CH4.I3/c1-5-4-6(8)2-3-7(5)9(10)11;1-5-4-6(8)2-3-7(5)9;;;1-3-2/h2-4H,8H2,1H3;2-4H,8-9H2,1H3;2*1H4;/q;;;;-1. The Morgan fingerprint density at radius 3 is 1.64 bits per heavy atom. The summed E-state index contributed by atoms with van der Waals surface area (Å²) in [5, 5.41) is 10.3. The molecule has 0 aliphatic rings. The van der Waals surface area contributed by atoms with Crippen LogP contribution in [0.5, 0.6) is 0 Å². The van der Waals surface area contributed by atoms with Gasteiger partial charge in [-0.3, -0.25) is 10.1 Å². The molecule has 9 heteroatoms. The molecule has 0 bridgehead atoms. The first-order valence-corrected chi connectivity index (χ1v) is 18.8. The SMILES string of the molecule is C.C.Cc1cc(N)ccc1N.Cc1cc(N)ccc1[N+](=O)[O-].I[I-]I. The molecule has 0 saturated carbocycles. The zero-order chi connectivity index (χ0) is 18.0. The maximum absolute atomic E-state index is 10.3. The number of nitrogen functional groups attached to an aromatic ring is 3. The molecule has 0 heterocycles. The van der Waals surface area contributed by atoms with E-state index in [2.05, 4.69) is 37.2 Å². The van der Waals surface area contributed by atoms with Crippen LogP contribution in [-0.2, 0) is 0 Å². The monoisotopic (exact) mass is 687 g/mol. The van der Waals surface area contributed by atoms with Gasteiger partial charge in [0.25, 0.3) is 5.69 Å². The quantitative estimate of drug-likeness (QED) is 0.185. The second-order valence-corrected chi connectivity index (χ2v) is 20.7. The minimum absolute atomic E-state index is 0. The van der Waals surface area contributed by atoms with Crippen LogP contribution in [0.4, 0.5) is 22.7 Å². The third kappa shape index (κ3) is 12.4. The average molecular weight is 687 g/mol. The van der Waals surface area contributed by atoms with Crippen LogP contribution < -0.4 is 30.5 Å². The third-order valence-corrected chi connectivity index (χ3v) is 2.71. The van der Waals surface area contributed by atoms with Crippen molar-refractivity contribution in [2.75, 3.05) is 17.2 Å². The van der Waals surface area contributed by atoms with E-state index in [0.717, 1.165) is 16.9 Å². The predicted molar refractivity (Wildman–Crippen MR) is 124 cm³/mol. The van der Waals surface area contributed by atoms with E-state index < -0.39 is 4.92 Å². The molecule has 6 N–H and O–H groups in total. The molecule has 0 amide bonds. The topological polar surface area (TPSA) is 121 Å². The minimum atomic E-state index is -0.422. The Hall–Kier alpha value is -0.570. The number of nitro benzene ring substituents is 1. The summed E-state index contributed by atoms with van der Waals surface area (Å²) in [5.74, 6) is 0. The van der Waals surface area contributed by atoms with Gasteiger partial charge in [-0.2, -0.15) is 0 Å². The molecule has 144 valence electrons.